The number of sulfonamides is 2. The number of hydrogen-bond donors (Lipinski definition) is 1. The highest BCUT2D eigenvalue weighted by molar-refractivity contribution is 7.89. The standard InChI is InChI=1S/C21H33N3O6S2/c1-3-23(4-2)31(26,27)19-7-9-20(10-8-19)32(28,29)24-13-5-6-17(16-24)21(25)22-18-11-14-30-15-12-18/h7-10,17-18H,3-6,11-16H2,1-2H3,(H,22,25)/t17-/m1/s1. The third kappa shape index (κ3) is 5.51. The topological polar surface area (TPSA) is 113 Å². The molecule has 2 heterocycles. The zero-order valence-corrected chi connectivity index (χ0v) is 20.3. The van der Waals surface area contributed by atoms with Crippen LogP contribution in [0.2, 0.25) is 0 Å². The van der Waals surface area contributed by atoms with E-state index in [-0.39, 0.29) is 28.3 Å². The van der Waals surface area contributed by atoms with Gasteiger partial charge in [0.25, 0.3) is 0 Å². The molecule has 2 fully saturated rings. The van der Waals surface area contributed by atoms with Gasteiger partial charge in [0.05, 0.1) is 15.7 Å². The van der Waals surface area contributed by atoms with Crippen LogP contribution in [0, 0.1) is 5.92 Å². The molecular weight excluding hydrogens is 454 g/mol. The highest BCUT2D eigenvalue weighted by Crippen LogP contribution is 2.26. The van der Waals surface area contributed by atoms with Crippen LogP contribution in [0.4, 0.5) is 0 Å². The molecule has 0 spiro atoms. The Balaban J connectivity index is 1.70. The molecular formula is C21H33N3O6S2. The van der Waals surface area contributed by atoms with Crippen LogP contribution < -0.4 is 5.32 Å². The number of hydrogen-bond acceptors (Lipinski definition) is 6. The Morgan fingerprint density at radius 1 is 1.03 bits per heavy atom. The molecule has 11 heteroatoms. The lowest BCUT2D eigenvalue weighted by molar-refractivity contribution is -0.127. The number of carbonyl (C=O) groups is 1. The number of piperidine rings is 1. The second-order valence-corrected chi connectivity index (χ2v) is 12.0. The summed E-state index contributed by atoms with van der Waals surface area (Å²) >= 11 is 0. The van der Waals surface area contributed by atoms with Crippen molar-refractivity contribution in [1.29, 1.82) is 0 Å². The summed E-state index contributed by atoms with van der Waals surface area (Å²) in [4.78, 5) is 12.8. The molecule has 0 unspecified atom stereocenters. The zero-order valence-electron chi connectivity index (χ0n) is 18.7. The van der Waals surface area contributed by atoms with E-state index < -0.39 is 26.0 Å². The van der Waals surface area contributed by atoms with Gasteiger partial charge in [-0.05, 0) is 49.9 Å². The molecule has 0 aromatic heterocycles. The number of nitrogens with one attached hydrogen (secondary N) is 1. The Hall–Kier alpha value is -1.53. The summed E-state index contributed by atoms with van der Waals surface area (Å²) in [6.07, 6.45) is 2.77. The maximum absolute atomic E-state index is 13.2. The number of rotatable bonds is 8. The fraction of sp³-hybridized carbons (Fsp3) is 0.667. The molecule has 0 radical (unpaired) electrons. The van der Waals surface area contributed by atoms with Crippen molar-refractivity contribution in [2.45, 2.75) is 55.4 Å². The van der Waals surface area contributed by atoms with Crippen molar-refractivity contribution in [3.8, 4) is 0 Å². The summed E-state index contributed by atoms with van der Waals surface area (Å²) in [6, 6.07) is 5.40. The van der Waals surface area contributed by atoms with E-state index in [1.807, 2.05) is 0 Å². The van der Waals surface area contributed by atoms with E-state index in [0.29, 0.717) is 45.7 Å². The average molecular weight is 488 g/mol. The minimum absolute atomic E-state index is 0.0292. The van der Waals surface area contributed by atoms with Gasteiger partial charge in [0, 0.05) is 45.4 Å². The number of nitrogens with zero attached hydrogens (tertiary/aromatic N) is 2. The van der Waals surface area contributed by atoms with Crippen LogP contribution in [0.25, 0.3) is 0 Å². The first-order chi connectivity index (χ1) is 15.2. The summed E-state index contributed by atoms with van der Waals surface area (Å²) in [6.45, 7) is 5.88. The molecule has 9 nitrogen and oxygen atoms in total. The van der Waals surface area contributed by atoms with Crippen LogP contribution >= 0.6 is 0 Å². The molecule has 2 aliphatic rings. The molecule has 1 atom stereocenters. The number of carbonyl (C=O) groups excluding carboxylic acids is 1. The quantitative estimate of drug-likeness (QED) is 0.593. The fourth-order valence-electron chi connectivity index (χ4n) is 4.18. The first kappa shape index (κ1) is 25.1. The monoisotopic (exact) mass is 487 g/mol. The minimum Gasteiger partial charge on any atom is -0.381 e. The molecule has 180 valence electrons. The van der Waals surface area contributed by atoms with E-state index in [4.69, 9.17) is 4.74 Å². The number of amides is 1. The molecule has 0 bridgehead atoms. The summed E-state index contributed by atoms with van der Waals surface area (Å²) in [7, 11) is -7.49. The Morgan fingerprint density at radius 2 is 1.62 bits per heavy atom. The van der Waals surface area contributed by atoms with E-state index in [9.17, 15) is 21.6 Å². The van der Waals surface area contributed by atoms with E-state index in [1.54, 1.807) is 13.8 Å². The Labute approximate surface area is 191 Å². The first-order valence-electron chi connectivity index (χ1n) is 11.2. The van der Waals surface area contributed by atoms with E-state index in [1.165, 1.54) is 32.9 Å². The van der Waals surface area contributed by atoms with Crippen LogP contribution in [0.3, 0.4) is 0 Å². The lowest BCUT2D eigenvalue weighted by Crippen LogP contribution is -2.48. The second-order valence-electron chi connectivity index (χ2n) is 8.16. The minimum atomic E-state index is -3.83. The molecule has 0 aliphatic carbocycles. The Morgan fingerprint density at radius 3 is 2.22 bits per heavy atom. The number of benzene rings is 1. The van der Waals surface area contributed by atoms with Crippen LogP contribution in [0.5, 0.6) is 0 Å². The molecule has 1 N–H and O–H groups in total. The highest BCUT2D eigenvalue weighted by atomic mass is 32.2. The third-order valence-electron chi connectivity index (χ3n) is 6.13. The van der Waals surface area contributed by atoms with Crippen molar-refractivity contribution in [3.05, 3.63) is 24.3 Å². The number of ether oxygens (including phenoxy) is 1. The van der Waals surface area contributed by atoms with Crippen molar-refractivity contribution in [2.24, 2.45) is 5.92 Å². The van der Waals surface area contributed by atoms with Crippen LogP contribution in [0.15, 0.2) is 34.1 Å². The third-order valence-corrected chi connectivity index (χ3v) is 10.1. The van der Waals surface area contributed by atoms with Gasteiger partial charge in [0.2, 0.25) is 26.0 Å². The van der Waals surface area contributed by atoms with Crippen molar-refractivity contribution >= 4 is 26.0 Å². The summed E-state index contributed by atoms with van der Waals surface area (Å²) in [5.74, 6) is -0.513. The van der Waals surface area contributed by atoms with Crippen LogP contribution in [-0.2, 0) is 29.6 Å². The maximum atomic E-state index is 13.2. The molecule has 1 aromatic carbocycles. The molecule has 0 saturated carbocycles. The fourth-order valence-corrected chi connectivity index (χ4v) is 7.16. The van der Waals surface area contributed by atoms with E-state index in [2.05, 4.69) is 5.32 Å². The van der Waals surface area contributed by atoms with Crippen molar-refractivity contribution in [2.75, 3.05) is 39.4 Å². The molecule has 2 saturated heterocycles. The van der Waals surface area contributed by atoms with Crippen LogP contribution in [-0.4, -0.2) is 76.8 Å². The van der Waals surface area contributed by atoms with Gasteiger partial charge in [-0.15, -0.1) is 0 Å². The largest absolute Gasteiger partial charge is 0.381 e. The van der Waals surface area contributed by atoms with Gasteiger partial charge in [-0.2, -0.15) is 8.61 Å². The molecule has 2 aliphatic heterocycles. The summed E-state index contributed by atoms with van der Waals surface area (Å²) in [5.41, 5.74) is 0. The SMILES string of the molecule is CCN(CC)S(=O)(=O)c1ccc(S(=O)(=O)N2CCC[C@@H](C(=O)NC3CCOCC3)C2)cc1. The Kier molecular flexibility index (Phi) is 8.31. The van der Waals surface area contributed by atoms with Gasteiger partial charge in [0.1, 0.15) is 0 Å². The summed E-state index contributed by atoms with van der Waals surface area (Å²) < 4.78 is 59.6. The molecule has 1 amide bonds. The van der Waals surface area contributed by atoms with Gasteiger partial charge >= 0.3 is 0 Å². The van der Waals surface area contributed by atoms with Gasteiger partial charge < -0.3 is 10.1 Å². The summed E-state index contributed by atoms with van der Waals surface area (Å²) in [5, 5.41) is 3.03. The second kappa shape index (κ2) is 10.6. The molecule has 1 aromatic rings. The smallest absolute Gasteiger partial charge is 0.243 e. The zero-order chi connectivity index (χ0) is 23.4. The van der Waals surface area contributed by atoms with Crippen LogP contribution in [0.1, 0.15) is 39.5 Å². The highest BCUT2D eigenvalue weighted by Gasteiger charge is 2.34. The normalized spacial score (nSPS) is 21.5. The maximum Gasteiger partial charge on any atom is 0.243 e. The predicted molar refractivity (Wildman–Crippen MR) is 120 cm³/mol. The van der Waals surface area contributed by atoms with Gasteiger partial charge in [-0.3, -0.25) is 4.79 Å². The first-order valence-corrected chi connectivity index (χ1v) is 14.1. The van der Waals surface area contributed by atoms with Crippen molar-refractivity contribution in [1.82, 2.24) is 13.9 Å². The van der Waals surface area contributed by atoms with Gasteiger partial charge in [-0.1, -0.05) is 13.8 Å². The predicted octanol–water partition coefficient (Wildman–Crippen LogP) is 1.41. The van der Waals surface area contributed by atoms with Gasteiger partial charge in [0.15, 0.2) is 0 Å². The van der Waals surface area contributed by atoms with Crippen molar-refractivity contribution in [3.63, 3.8) is 0 Å². The van der Waals surface area contributed by atoms with Gasteiger partial charge in [-0.25, -0.2) is 16.8 Å². The van der Waals surface area contributed by atoms with Crippen molar-refractivity contribution < 1.29 is 26.4 Å². The Bertz CT molecular complexity index is 985. The van der Waals surface area contributed by atoms with E-state index >= 15 is 0 Å². The average Bonchev–Trinajstić information content (AvgIpc) is 2.80. The lowest BCUT2D eigenvalue weighted by atomic mass is 9.97. The van der Waals surface area contributed by atoms with E-state index in [0.717, 1.165) is 12.8 Å². The molecule has 32 heavy (non-hydrogen) atoms. The molecule has 3 rings (SSSR count). The lowest BCUT2D eigenvalue weighted by Gasteiger charge is -2.32.